The van der Waals surface area contributed by atoms with Gasteiger partial charge in [-0.2, -0.15) is 4.57 Å². The number of aromatic nitrogens is 1. The second-order valence-corrected chi connectivity index (χ2v) is 5.22. The van der Waals surface area contributed by atoms with Gasteiger partial charge in [0.05, 0.1) is 5.39 Å². The minimum Gasteiger partial charge on any atom is -0.500 e. The average Bonchev–Trinajstić information content (AvgIpc) is 2.29. The first-order chi connectivity index (χ1) is 8.45. The molecule has 0 radical (unpaired) electrons. The molecule has 1 aromatic heterocycles. The lowest BCUT2D eigenvalue weighted by Crippen LogP contribution is -2.37. The molecule has 1 heterocycles. The molecule has 0 saturated carbocycles. The highest BCUT2D eigenvalue weighted by Crippen LogP contribution is 2.37. The molecule has 0 bridgehead atoms. The van der Waals surface area contributed by atoms with E-state index in [1.165, 1.54) is 0 Å². The minimum atomic E-state index is -0.0487. The third kappa shape index (κ3) is 1.80. The van der Waals surface area contributed by atoms with Crippen molar-refractivity contribution in [2.24, 2.45) is 0 Å². The molecule has 2 N–H and O–H groups in total. The van der Waals surface area contributed by atoms with Crippen LogP contribution in [0.5, 0.6) is 11.6 Å². The van der Waals surface area contributed by atoms with Crippen LogP contribution in [-0.4, -0.2) is 10.2 Å². The number of para-hydroxylation sites is 1. The molecule has 0 aliphatic rings. The van der Waals surface area contributed by atoms with Crippen molar-refractivity contribution in [3.8, 4) is 11.6 Å². The maximum Gasteiger partial charge on any atom is 0.409 e. The van der Waals surface area contributed by atoms with Crippen LogP contribution in [0.1, 0.15) is 45.2 Å². The van der Waals surface area contributed by atoms with E-state index in [0.717, 1.165) is 16.5 Å². The quantitative estimate of drug-likeness (QED) is 0.799. The Balaban J connectivity index is 2.97. The summed E-state index contributed by atoms with van der Waals surface area (Å²) in [6.07, 6.45) is 0. The van der Waals surface area contributed by atoms with Gasteiger partial charge in [0.25, 0.3) is 0 Å². The summed E-state index contributed by atoms with van der Waals surface area (Å²) >= 11 is 0. The van der Waals surface area contributed by atoms with E-state index < -0.39 is 0 Å². The van der Waals surface area contributed by atoms with Crippen LogP contribution < -0.4 is 4.57 Å². The van der Waals surface area contributed by atoms with Gasteiger partial charge in [-0.1, -0.05) is 26.0 Å². The van der Waals surface area contributed by atoms with Crippen LogP contribution in [0.15, 0.2) is 24.3 Å². The summed E-state index contributed by atoms with van der Waals surface area (Å²) < 4.78 is 1.76. The topological polar surface area (TPSA) is 44.3 Å². The van der Waals surface area contributed by atoms with Gasteiger partial charge < -0.3 is 10.2 Å². The van der Waals surface area contributed by atoms with Gasteiger partial charge in [0, 0.05) is 11.6 Å². The SMILES string of the molecule is CC(C)c1c(O)c(O)[n+](C(C)C)c2ccccc12. The molecule has 3 nitrogen and oxygen atoms in total. The van der Waals surface area contributed by atoms with Crippen LogP contribution in [0.4, 0.5) is 0 Å². The van der Waals surface area contributed by atoms with Crippen molar-refractivity contribution in [2.75, 3.05) is 0 Å². The van der Waals surface area contributed by atoms with Crippen molar-refractivity contribution >= 4 is 10.9 Å². The summed E-state index contributed by atoms with van der Waals surface area (Å²) in [5, 5.41) is 21.4. The second-order valence-electron chi connectivity index (χ2n) is 5.22. The van der Waals surface area contributed by atoms with Crippen molar-refractivity contribution < 1.29 is 14.8 Å². The van der Waals surface area contributed by atoms with Crippen LogP contribution in [-0.2, 0) is 0 Å². The predicted octanol–water partition coefficient (Wildman–Crippen LogP) is 3.24. The summed E-state index contributed by atoms with van der Waals surface area (Å²) in [4.78, 5) is 0. The van der Waals surface area contributed by atoms with Crippen molar-refractivity contribution in [2.45, 2.75) is 39.7 Å². The van der Waals surface area contributed by atoms with Crippen LogP contribution in [0.25, 0.3) is 10.9 Å². The molecule has 0 atom stereocenters. The average molecular weight is 246 g/mol. The standard InChI is InChI=1S/C15H19NO2/c1-9(2)13-11-7-5-6-8-12(11)16(10(3)4)15(18)14(13)17/h5-10,17H,1-4H3/p+1. The number of hydrogen-bond acceptors (Lipinski definition) is 2. The van der Waals surface area contributed by atoms with E-state index >= 15 is 0 Å². The lowest BCUT2D eigenvalue weighted by atomic mass is 9.97. The van der Waals surface area contributed by atoms with Gasteiger partial charge in [0.1, 0.15) is 0 Å². The molecule has 0 amide bonds. The summed E-state index contributed by atoms with van der Waals surface area (Å²) in [6, 6.07) is 7.95. The molecule has 0 aliphatic heterocycles. The fourth-order valence-corrected chi connectivity index (χ4v) is 2.49. The number of nitrogens with zero attached hydrogens (tertiary/aromatic N) is 1. The Labute approximate surface area is 107 Å². The molecular weight excluding hydrogens is 226 g/mol. The molecule has 0 spiro atoms. The molecule has 18 heavy (non-hydrogen) atoms. The van der Waals surface area contributed by atoms with Gasteiger partial charge in [0.15, 0.2) is 6.04 Å². The van der Waals surface area contributed by atoms with E-state index in [2.05, 4.69) is 0 Å². The zero-order chi connectivity index (χ0) is 13.4. The maximum atomic E-state index is 10.2. The first kappa shape index (κ1) is 12.7. The van der Waals surface area contributed by atoms with Gasteiger partial charge in [-0.05, 0) is 25.8 Å². The van der Waals surface area contributed by atoms with Gasteiger partial charge in [-0.3, -0.25) is 0 Å². The number of aromatic hydroxyl groups is 2. The van der Waals surface area contributed by atoms with Crippen molar-refractivity contribution in [3.05, 3.63) is 29.8 Å². The number of benzene rings is 1. The van der Waals surface area contributed by atoms with E-state index in [1.54, 1.807) is 4.57 Å². The van der Waals surface area contributed by atoms with Crippen molar-refractivity contribution in [1.29, 1.82) is 0 Å². The molecule has 0 aliphatic carbocycles. The second kappa shape index (κ2) is 4.48. The van der Waals surface area contributed by atoms with Gasteiger partial charge in [-0.25, -0.2) is 0 Å². The van der Waals surface area contributed by atoms with Crippen LogP contribution in [0, 0.1) is 0 Å². The normalized spacial score (nSPS) is 11.7. The molecular formula is C15H20NO2+. The Kier molecular flexibility index (Phi) is 3.16. The van der Waals surface area contributed by atoms with E-state index in [-0.39, 0.29) is 23.6 Å². The molecule has 96 valence electrons. The molecule has 0 saturated heterocycles. The summed E-state index contributed by atoms with van der Waals surface area (Å²) in [7, 11) is 0. The summed E-state index contributed by atoms with van der Waals surface area (Å²) in [5.41, 5.74) is 1.76. The monoisotopic (exact) mass is 246 g/mol. The number of pyridine rings is 1. The van der Waals surface area contributed by atoms with Gasteiger partial charge >= 0.3 is 5.88 Å². The predicted molar refractivity (Wildman–Crippen MR) is 71.9 cm³/mol. The lowest BCUT2D eigenvalue weighted by molar-refractivity contribution is -0.697. The molecule has 0 unspecified atom stereocenters. The first-order valence-electron chi connectivity index (χ1n) is 6.33. The van der Waals surface area contributed by atoms with Crippen LogP contribution >= 0.6 is 0 Å². The zero-order valence-electron chi connectivity index (χ0n) is 11.3. The Bertz CT molecular complexity index is 536. The number of fused-ring (bicyclic) bond motifs is 1. The third-order valence-electron chi connectivity index (χ3n) is 3.24. The summed E-state index contributed by atoms with van der Waals surface area (Å²) in [6.45, 7) is 8.00. The maximum absolute atomic E-state index is 10.2. The minimum absolute atomic E-state index is 0.00241. The van der Waals surface area contributed by atoms with Gasteiger partial charge in [0.2, 0.25) is 11.3 Å². The molecule has 0 fully saturated rings. The Morgan fingerprint density at radius 1 is 1.00 bits per heavy atom. The number of rotatable bonds is 2. The molecule has 1 aromatic carbocycles. The molecule has 2 rings (SSSR count). The van der Waals surface area contributed by atoms with Gasteiger partial charge in [-0.15, -0.1) is 0 Å². The number of hydrogen-bond donors (Lipinski definition) is 2. The summed E-state index contributed by atoms with van der Waals surface area (Å²) in [5.74, 6) is 0.104. The fraction of sp³-hybridized carbons (Fsp3) is 0.400. The van der Waals surface area contributed by atoms with E-state index in [4.69, 9.17) is 0 Å². The van der Waals surface area contributed by atoms with E-state index in [0.29, 0.717) is 0 Å². The largest absolute Gasteiger partial charge is 0.500 e. The van der Waals surface area contributed by atoms with Crippen LogP contribution in [0.3, 0.4) is 0 Å². The highest BCUT2D eigenvalue weighted by Gasteiger charge is 2.28. The third-order valence-corrected chi connectivity index (χ3v) is 3.24. The smallest absolute Gasteiger partial charge is 0.409 e. The Morgan fingerprint density at radius 2 is 1.61 bits per heavy atom. The highest BCUT2D eigenvalue weighted by atomic mass is 16.3. The first-order valence-corrected chi connectivity index (χ1v) is 6.33. The zero-order valence-corrected chi connectivity index (χ0v) is 11.3. The lowest BCUT2D eigenvalue weighted by Gasteiger charge is -2.14. The Hall–Kier alpha value is -1.77. The van der Waals surface area contributed by atoms with Crippen molar-refractivity contribution in [1.82, 2.24) is 0 Å². The van der Waals surface area contributed by atoms with E-state index in [9.17, 15) is 10.2 Å². The van der Waals surface area contributed by atoms with E-state index in [1.807, 2.05) is 52.0 Å². The van der Waals surface area contributed by atoms with Crippen molar-refractivity contribution in [3.63, 3.8) is 0 Å². The molecule has 2 aromatic rings. The Morgan fingerprint density at radius 3 is 2.17 bits per heavy atom. The molecule has 3 heteroatoms. The van der Waals surface area contributed by atoms with Crippen LogP contribution in [0.2, 0.25) is 0 Å². The fourth-order valence-electron chi connectivity index (χ4n) is 2.49. The highest BCUT2D eigenvalue weighted by molar-refractivity contribution is 5.83.